The summed E-state index contributed by atoms with van der Waals surface area (Å²) in [5.74, 6) is 0.816. The van der Waals surface area contributed by atoms with Crippen LogP contribution in [0.3, 0.4) is 0 Å². The summed E-state index contributed by atoms with van der Waals surface area (Å²) in [6.07, 6.45) is 2.04. The van der Waals surface area contributed by atoms with E-state index in [0.717, 1.165) is 30.7 Å². The minimum atomic E-state index is -0.0222. The SMILES string of the molecule is CCOc1ccc(C(=O)NCCCN2c3ccccc3C[C@@H]2C)cc1C. The van der Waals surface area contributed by atoms with Crippen LogP contribution in [-0.2, 0) is 6.42 Å². The van der Waals surface area contributed by atoms with E-state index in [1.165, 1.54) is 11.3 Å². The van der Waals surface area contributed by atoms with E-state index in [1.54, 1.807) is 0 Å². The lowest BCUT2D eigenvalue weighted by Gasteiger charge is -2.25. The summed E-state index contributed by atoms with van der Waals surface area (Å²) in [6, 6.07) is 14.7. The molecular weight excluding hydrogens is 324 g/mol. The van der Waals surface area contributed by atoms with Crippen molar-refractivity contribution in [1.82, 2.24) is 5.32 Å². The predicted octanol–water partition coefficient (Wildman–Crippen LogP) is 3.96. The standard InChI is InChI=1S/C22H28N2O2/c1-4-26-21-11-10-19(14-16(21)2)22(25)23-12-7-13-24-17(3)15-18-8-5-6-9-20(18)24/h5-6,8-11,14,17H,4,7,12-13,15H2,1-3H3,(H,23,25)/t17-/m0/s1. The highest BCUT2D eigenvalue weighted by Crippen LogP contribution is 2.31. The number of hydrogen-bond acceptors (Lipinski definition) is 3. The molecule has 1 atom stereocenters. The number of benzene rings is 2. The van der Waals surface area contributed by atoms with E-state index in [-0.39, 0.29) is 5.91 Å². The minimum absolute atomic E-state index is 0.0222. The van der Waals surface area contributed by atoms with E-state index in [4.69, 9.17) is 4.74 Å². The molecular formula is C22H28N2O2. The molecule has 138 valence electrons. The zero-order valence-corrected chi connectivity index (χ0v) is 15.9. The largest absolute Gasteiger partial charge is 0.494 e. The van der Waals surface area contributed by atoms with Crippen molar-refractivity contribution in [1.29, 1.82) is 0 Å². The topological polar surface area (TPSA) is 41.6 Å². The second-order valence-electron chi connectivity index (χ2n) is 6.90. The van der Waals surface area contributed by atoms with Crippen molar-refractivity contribution >= 4 is 11.6 Å². The fraction of sp³-hybridized carbons (Fsp3) is 0.409. The maximum Gasteiger partial charge on any atom is 0.251 e. The third-order valence-corrected chi connectivity index (χ3v) is 4.95. The molecule has 0 aromatic heterocycles. The van der Waals surface area contributed by atoms with Crippen molar-refractivity contribution in [2.45, 2.75) is 39.7 Å². The first-order valence-corrected chi connectivity index (χ1v) is 9.46. The molecule has 1 aliphatic heterocycles. The van der Waals surface area contributed by atoms with Crippen LogP contribution in [0.15, 0.2) is 42.5 Å². The lowest BCUT2D eigenvalue weighted by atomic mass is 10.1. The van der Waals surface area contributed by atoms with Crippen LogP contribution < -0.4 is 15.0 Å². The number of carbonyl (C=O) groups is 1. The highest BCUT2D eigenvalue weighted by atomic mass is 16.5. The van der Waals surface area contributed by atoms with E-state index >= 15 is 0 Å². The molecule has 0 aliphatic carbocycles. The average molecular weight is 352 g/mol. The third-order valence-electron chi connectivity index (χ3n) is 4.95. The van der Waals surface area contributed by atoms with Crippen LogP contribution in [0.5, 0.6) is 5.75 Å². The molecule has 0 radical (unpaired) electrons. The summed E-state index contributed by atoms with van der Waals surface area (Å²) in [5.41, 5.74) is 4.44. The Kier molecular flexibility index (Phi) is 5.82. The van der Waals surface area contributed by atoms with Crippen LogP contribution in [0.1, 0.15) is 41.8 Å². The number of nitrogens with zero attached hydrogens (tertiary/aromatic N) is 1. The van der Waals surface area contributed by atoms with Gasteiger partial charge in [0.25, 0.3) is 5.91 Å². The molecule has 0 saturated carbocycles. The molecule has 1 amide bonds. The lowest BCUT2D eigenvalue weighted by Crippen LogP contribution is -2.33. The fourth-order valence-electron chi connectivity index (χ4n) is 3.63. The normalized spacial score (nSPS) is 15.7. The number of ether oxygens (including phenoxy) is 1. The fourth-order valence-corrected chi connectivity index (χ4v) is 3.63. The molecule has 0 spiro atoms. The molecule has 0 unspecified atom stereocenters. The van der Waals surface area contributed by atoms with E-state index in [2.05, 4.69) is 41.4 Å². The van der Waals surface area contributed by atoms with Gasteiger partial charge >= 0.3 is 0 Å². The number of nitrogens with one attached hydrogen (secondary N) is 1. The molecule has 26 heavy (non-hydrogen) atoms. The van der Waals surface area contributed by atoms with E-state index in [9.17, 15) is 4.79 Å². The highest BCUT2D eigenvalue weighted by Gasteiger charge is 2.24. The lowest BCUT2D eigenvalue weighted by molar-refractivity contribution is 0.0953. The Morgan fingerprint density at radius 1 is 1.27 bits per heavy atom. The summed E-state index contributed by atoms with van der Waals surface area (Å²) in [6.45, 7) is 8.45. The summed E-state index contributed by atoms with van der Waals surface area (Å²) in [7, 11) is 0. The minimum Gasteiger partial charge on any atom is -0.494 e. The quantitative estimate of drug-likeness (QED) is 0.767. The maximum absolute atomic E-state index is 12.4. The Bertz CT molecular complexity index is 772. The van der Waals surface area contributed by atoms with Crippen molar-refractivity contribution in [2.75, 3.05) is 24.6 Å². The van der Waals surface area contributed by atoms with Crippen LogP contribution in [0.2, 0.25) is 0 Å². The summed E-state index contributed by atoms with van der Waals surface area (Å²) >= 11 is 0. The van der Waals surface area contributed by atoms with Gasteiger partial charge in [0.05, 0.1) is 6.61 Å². The first-order chi connectivity index (χ1) is 12.6. The molecule has 2 aromatic carbocycles. The zero-order valence-electron chi connectivity index (χ0n) is 15.9. The second kappa shape index (κ2) is 8.26. The van der Waals surface area contributed by atoms with E-state index in [1.807, 2.05) is 32.0 Å². The Morgan fingerprint density at radius 3 is 2.85 bits per heavy atom. The molecule has 1 N–H and O–H groups in total. The summed E-state index contributed by atoms with van der Waals surface area (Å²) < 4.78 is 5.53. The monoisotopic (exact) mass is 352 g/mol. The number of rotatable bonds is 7. The van der Waals surface area contributed by atoms with Crippen LogP contribution in [0, 0.1) is 6.92 Å². The Morgan fingerprint density at radius 2 is 2.08 bits per heavy atom. The van der Waals surface area contributed by atoms with Crippen LogP contribution in [0.25, 0.3) is 0 Å². The number of para-hydroxylation sites is 1. The summed E-state index contributed by atoms with van der Waals surface area (Å²) in [5, 5.41) is 3.03. The first kappa shape index (κ1) is 18.3. The first-order valence-electron chi connectivity index (χ1n) is 9.46. The van der Waals surface area contributed by atoms with Gasteiger partial charge in [-0.3, -0.25) is 4.79 Å². The van der Waals surface area contributed by atoms with Gasteiger partial charge in [-0.2, -0.15) is 0 Å². The van der Waals surface area contributed by atoms with Crippen LogP contribution >= 0.6 is 0 Å². The second-order valence-corrected chi connectivity index (χ2v) is 6.90. The number of fused-ring (bicyclic) bond motifs is 1. The predicted molar refractivity (Wildman–Crippen MR) is 106 cm³/mol. The Hall–Kier alpha value is -2.49. The van der Waals surface area contributed by atoms with Gasteiger partial charge in [-0.15, -0.1) is 0 Å². The van der Waals surface area contributed by atoms with Gasteiger partial charge in [-0.05, 0) is 69.0 Å². The molecule has 0 fully saturated rings. The van der Waals surface area contributed by atoms with Crippen molar-refractivity contribution in [3.63, 3.8) is 0 Å². The number of amides is 1. The van der Waals surface area contributed by atoms with Gasteiger partial charge in [0.15, 0.2) is 0 Å². The van der Waals surface area contributed by atoms with E-state index in [0.29, 0.717) is 24.8 Å². The van der Waals surface area contributed by atoms with Gasteiger partial charge in [0, 0.05) is 30.4 Å². The van der Waals surface area contributed by atoms with Crippen molar-refractivity contribution in [3.8, 4) is 5.75 Å². The van der Waals surface area contributed by atoms with Gasteiger partial charge in [0.1, 0.15) is 5.75 Å². The molecule has 0 bridgehead atoms. The highest BCUT2D eigenvalue weighted by molar-refractivity contribution is 5.94. The number of anilines is 1. The number of hydrogen-bond donors (Lipinski definition) is 1. The maximum atomic E-state index is 12.4. The zero-order chi connectivity index (χ0) is 18.5. The van der Waals surface area contributed by atoms with Gasteiger partial charge in [-0.25, -0.2) is 0 Å². The Balaban J connectivity index is 1.49. The van der Waals surface area contributed by atoms with E-state index < -0.39 is 0 Å². The van der Waals surface area contributed by atoms with Crippen molar-refractivity contribution in [3.05, 3.63) is 59.2 Å². The smallest absolute Gasteiger partial charge is 0.251 e. The molecule has 4 heteroatoms. The van der Waals surface area contributed by atoms with Gasteiger partial charge in [0.2, 0.25) is 0 Å². The summed E-state index contributed by atoms with van der Waals surface area (Å²) in [4.78, 5) is 14.8. The molecule has 0 saturated heterocycles. The molecule has 4 nitrogen and oxygen atoms in total. The Labute approximate surface area is 156 Å². The third kappa shape index (κ3) is 4.01. The van der Waals surface area contributed by atoms with Crippen molar-refractivity contribution in [2.24, 2.45) is 0 Å². The van der Waals surface area contributed by atoms with Gasteiger partial charge in [-0.1, -0.05) is 18.2 Å². The van der Waals surface area contributed by atoms with Crippen LogP contribution in [0.4, 0.5) is 5.69 Å². The molecule has 1 heterocycles. The van der Waals surface area contributed by atoms with Crippen LogP contribution in [-0.4, -0.2) is 31.6 Å². The number of aryl methyl sites for hydroxylation is 1. The van der Waals surface area contributed by atoms with Crippen molar-refractivity contribution < 1.29 is 9.53 Å². The molecule has 1 aliphatic rings. The number of carbonyl (C=O) groups excluding carboxylic acids is 1. The average Bonchev–Trinajstić information content (AvgIpc) is 2.95. The molecule has 3 rings (SSSR count). The molecule has 2 aromatic rings. The van der Waals surface area contributed by atoms with Gasteiger partial charge < -0.3 is 15.0 Å².